The van der Waals surface area contributed by atoms with Crippen LogP contribution in [0.1, 0.15) is 42.2 Å². The second kappa shape index (κ2) is 9.39. The van der Waals surface area contributed by atoms with E-state index >= 15 is 0 Å². The zero-order valence-electron chi connectivity index (χ0n) is 15.4. The molecule has 0 heterocycles. The van der Waals surface area contributed by atoms with Crippen molar-refractivity contribution in [1.29, 1.82) is 0 Å². The molecule has 4 nitrogen and oxygen atoms in total. The Morgan fingerprint density at radius 2 is 1.65 bits per heavy atom. The maximum atomic E-state index is 12.7. The van der Waals surface area contributed by atoms with E-state index in [9.17, 15) is 9.59 Å². The molecule has 138 valence electrons. The molecular weight excluding hydrogens is 348 g/mol. The first-order chi connectivity index (χ1) is 12.4. The van der Waals surface area contributed by atoms with Gasteiger partial charge in [-0.3, -0.25) is 9.59 Å². The molecule has 0 saturated carbocycles. The Labute approximate surface area is 160 Å². The molecule has 2 aromatic rings. The Balaban J connectivity index is 2.18. The standard InChI is InChI=1S/C21H25ClN2O2/c1-15(2)14-24(3)20(25)13-19(16-9-5-4-6-10-16)23-21(26)17-11-7-8-12-18(17)22/h4-12,15,19H,13-14H2,1-3H3,(H,23,26). The third-order valence-electron chi connectivity index (χ3n) is 4.07. The summed E-state index contributed by atoms with van der Waals surface area (Å²) < 4.78 is 0. The van der Waals surface area contributed by atoms with Crippen LogP contribution in [0.2, 0.25) is 5.02 Å². The molecular formula is C21H25ClN2O2. The summed E-state index contributed by atoms with van der Waals surface area (Å²) in [5.41, 5.74) is 1.29. The number of hydrogen-bond donors (Lipinski definition) is 1. The first-order valence-corrected chi connectivity index (χ1v) is 9.10. The van der Waals surface area contributed by atoms with Gasteiger partial charge in [-0.05, 0) is 23.6 Å². The maximum absolute atomic E-state index is 12.7. The predicted octanol–water partition coefficient (Wildman–Crippen LogP) is 4.32. The van der Waals surface area contributed by atoms with Crippen molar-refractivity contribution in [2.24, 2.45) is 5.92 Å². The van der Waals surface area contributed by atoms with Crippen molar-refractivity contribution in [1.82, 2.24) is 10.2 Å². The number of halogens is 1. The number of hydrogen-bond acceptors (Lipinski definition) is 2. The number of carbonyl (C=O) groups excluding carboxylic acids is 2. The minimum absolute atomic E-state index is 0.00740. The van der Waals surface area contributed by atoms with Crippen LogP contribution in [0.15, 0.2) is 54.6 Å². The first-order valence-electron chi connectivity index (χ1n) is 8.72. The molecule has 2 rings (SSSR count). The topological polar surface area (TPSA) is 49.4 Å². The van der Waals surface area contributed by atoms with E-state index < -0.39 is 6.04 Å². The average molecular weight is 373 g/mol. The third kappa shape index (κ3) is 5.60. The summed E-state index contributed by atoms with van der Waals surface area (Å²) in [7, 11) is 1.79. The van der Waals surface area contributed by atoms with Crippen molar-refractivity contribution in [3.8, 4) is 0 Å². The second-order valence-electron chi connectivity index (χ2n) is 6.79. The van der Waals surface area contributed by atoms with Crippen LogP contribution in [0.3, 0.4) is 0 Å². The highest BCUT2D eigenvalue weighted by molar-refractivity contribution is 6.33. The van der Waals surface area contributed by atoms with Crippen LogP contribution in [0, 0.1) is 5.92 Å². The summed E-state index contributed by atoms with van der Waals surface area (Å²) >= 11 is 6.13. The highest BCUT2D eigenvalue weighted by Crippen LogP contribution is 2.21. The van der Waals surface area contributed by atoms with E-state index in [1.807, 2.05) is 30.3 Å². The van der Waals surface area contributed by atoms with Gasteiger partial charge in [0.2, 0.25) is 5.91 Å². The predicted molar refractivity (Wildman–Crippen MR) is 105 cm³/mol. The molecule has 0 fully saturated rings. The molecule has 2 aromatic carbocycles. The lowest BCUT2D eigenvalue weighted by atomic mass is 10.0. The molecule has 0 aliphatic heterocycles. The molecule has 2 amide bonds. The van der Waals surface area contributed by atoms with Crippen molar-refractivity contribution in [2.45, 2.75) is 26.3 Å². The quantitative estimate of drug-likeness (QED) is 0.787. The van der Waals surface area contributed by atoms with Gasteiger partial charge in [0.05, 0.1) is 23.0 Å². The molecule has 0 radical (unpaired) electrons. The van der Waals surface area contributed by atoms with E-state index in [4.69, 9.17) is 11.6 Å². The summed E-state index contributed by atoms with van der Waals surface area (Å²) in [6.07, 6.45) is 0.198. The van der Waals surface area contributed by atoms with Gasteiger partial charge in [0, 0.05) is 13.6 Å². The van der Waals surface area contributed by atoms with Crippen molar-refractivity contribution < 1.29 is 9.59 Å². The van der Waals surface area contributed by atoms with Crippen molar-refractivity contribution in [3.05, 3.63) is 70.7 Å². The van der Waals surface area contributed by atoms with E-state index in [-0.39, 0.29) is 18.2 Å². The second-order valence-corrected chi connectivity index (χ2v) is 7.20. The van der Waals surface area contributed by atoms with E-state index in [0.29, 0.717) is 23.0 Å². The van der Waals surface area contributed by atoms with Gasteiger partial charge < -0.3 is 10.2 Å². The third-order valence-corrected chi connectivity index (χ3v) is 4.40. The van der Waals surface area contributed by atoms with Gasteiger partial charge in [-0.1, -0.05) is 67.9 Å². The van der Waals surface area contributed by atoms with Gasteiger partial charge in [0.25, 0.3) is 5.91 Å². The fraction of sp³-hybridized carbons (Fsp3) is 0.333. The van der Waals surface area contributed by atoms with E-state index in [2.05, 4.69) is 19.2 Å². The van der Waals surface area contributed by atoms with Gasteiger partial charge >= 0.3 is 0 Å². The van der Waals surface area contributed by atoms with Crippen LogP contribution < -0.4 is 5.32 Å². The van der Waals surface area contributed by atoms with Gasteiger partial charge in [-0.2, -0.15) is 0 Å². The molecule has 0 saturated heterocycles. The van der Waals surface area contributed by atoms with Crippen LogP contribution in [0.4, 0.5) is 0 Å². The number of carbonyl (C=O) groups is 2. The number of nitrogens with zero attached hydrogens (tertiary/aromatic N) is 1. The van der Waals surface area contributed by atoms with Gasteiger partial charge in [-0.15, -0.1) is 0 Å². The number of rotatable bonds is 7. The molecule has 26 heavy (non-hydrogen) atoms. The molecule has 1 unspecified atom stereocenters. The summed E-state index contributed by atoms with van der Waals surface area (Å²) in [5, 5.41) is 3.35. The smallest absolute Gasteiger partial charge is 0.253 e. The highest BCUT2D eigenvalue weighted by Gasteiger charge is 2.22. The molecule has 0 spiro atoms. The lowest BCUT2D eigenvalue weighted by Crippen LogP contribution is -2.36. The van der Waals surface area contributed by atoms with E-state index in [1.54, 1.807) is 36.2 Å². The van der Waals surface area contributed by atoms with Gasteiger partial charge in [0.15, 0.2) is 0 Å². The lowest BCUT2D eigenvalue weighted by Gasteiger charge is -2.24. The summed E-state index contributed by atoms with van der Waals surface area (Å²) in [4.78, 5) is 27.0. The molecule has 5 heteroatoms. The summed E-state index contributed by atoms with van der Waals surface area (Å²) in [5.74, 6) is 0.0904. The van der Waals surface area contributed by atoms with E-state index in [1.165, 1.54) is 0 Å². The zero-order valence-corrected chi connectivity index (χ0v) is 16.2. The van der Waals surface area contributed by atoms with Crippen LogP contribution in [0.25, 0.3) is 0 Å². The maximum Gasteiger partial charge on any atom is 0.253 e. The minimum Gasteiger partial charge on any atom is -0.345 e. The van der Waals surface area contributed by atoms with Crippen molar-refractivity contribution >= 4 is 23.4 Å². The van der Waals surface area contributed by atoms with Crippen molar-refractivity contribution in [3.63, 3.8) is 0 Å². The van der Waals surface area contributed by atoms with Crippen LogP contribution in [0.5, 0.6) is 0 Å². The monoisotopic (exact) mass is 372 g/mol. The molecule has 1 atom stereocenters. The summed E-state index contributed by atoms with van der Waals surface area (Å²) in [6.45, 7) is 4.81. The van der Waals surface area contributed by atoms with E-state index in [0.717, 1.165) is 5.56 Å². The van der Waals surface area contributed by atoms with Crippen LogP contribution in [-0.2, 0) is 4.79 Å². The molecule has 0 bridgehead atoms. The molecule has 0 aromatic heterocycles. The Morgan fingerprint density at radius 3 is 2.27 bits per heavy atom. The molecule has 0 aliphatic carbocycles. The zero-order chi connectivity index (χ0) is 19.1. The Kier molecular flexibility index (Phi) is 7.22. The Morgan fingerprint density at radius 1 is 1.04 bits per heavy atom. The van der Waals surface area contributed by atoms with Gasteiger partial charge in [0.1, 0.15) is 0 Å². The largest absolute Gasteiger partial charge is 0.345 e. The number of amides is 2. The SMILES string of the molecule is CC(C)CN(C)C(=O)CC(NC(=O)c1ccccc1Cl)c1ccccc1. The summed E-state index contributed by atoms with van der Waals surface area (Å²) in [6, 6.07) is 16.0. The fourth-order valence-corrected chi connectivity index (χ4v) is 3.02. The minimum atomic E-state index is -0.415. The average Bonchev–Trinajstić information content (AvgIpc) is 2.61. The lowest BCUT2D eigenvalue weighted by molar-refractivity contribution is -0.130. The first kappa shape index (κ1) is 20.0. The Bertz CT molecular complexity index is 747. The fourth-order valence-electron chi connectivity index (χ4n) is 2.80. The van der Waals surface area contributed by atoms with Crippen molar-refractivity contribution in [2.75, 3.05) is 13.6 Å². The number of benzene rings is 2. The van der Waals surface area contributed by atoms with Crippen LogP contribution >= 0.6 is 11.6 Å². The number of nitrogens with one attached hydrogen (secondary N) is 1. The normalized spacial score (nSPS) is 11.9. The molecule has 0 aliphatic rings. The van der Waals surface area contributed by atoms with Crippen LogP contribution in [-0.4, -0.2) is 30.3 Å². The van der Waals surface area contributed by atoms with Gasteiger partial charge in [-0.25, -0.2) is 0 Å². The molecule has 1 N–H and O–H groups in total. The Hall–Kier alpha value is -2.33. The highest BCUT2D eigenvalue weighted by atomic mass is 35.5.